The maximum atomic E-state index is 13.2. The van der Waals surface area contributed by atoms with Crippen LogP contribution in [0.4, 0.5) is 8.78 Å². The Morgan fingerprint density at radius 2 is 1.89 bits per heavy atom. The highest BCUT2D eigenvalue weighted by Gasteiger charge is 2.24. The molecule has 0 bridgehead atoms. The Hall–Kier alpha value is -2.35. The van der Waals surface area contributed by atoms with Crippen LogP contribution >= 0.6 is 0 Å². The van der Waals surface area contributed by atoms with E-state index in [1.165, 1.54) is 6.07 Å². The van der Waals surface area contributed by atoms with Crippen molar-refractivity contribution in [2.45, 2.75) is 38.1 Å². The van der Waals surface area contributed by atoms with Crippen LogP contribution in [0.15, 0.2) is 18.2 Å². The zero-order valence-corrected chi connectivity index (χ0v) is 15.3. The number of carbonyl (C=O) groups is 3. The van der Waals surface area contributed by atoms with Crippen LogP contribution in [-0.4, -0.2) is 65.3 Å². The number of hydrogen-bond donors (Lipinski definition) is 1. The van der Waals surface area contributed by atoms with E-state index < -0.39 is 23.4 Å². The first-order chi connectivity index (χ1) is 12.8. The monoisotopic (exact) mass is 382 g/mol. The van der Waals surface area contributed by atoms with Crippen molar-refractivity contribution in [3.63, 3.8) is 0 Å². The fourth-order valence-electron chi connectivity index (χ4n) is 3.30. The molecule has 1 atom stereocenters. The predicted octanol–water partition coefficient (Wildman–Crippen LogP) is 2.33. The third kappa shape index (κ3) is 6.09. The number of hydrogen-bond acceptors (Lipinski definition) is 4. The van der Waals surface area contributed by atoms with Gasteiger partial charge in [-0.2, -0.15) is 0 Å². The lowest BCUT2D eigenvalue weighted by Crippen LogP contribution is -2.37. The van der Waals surface area contributed by atoms with Gasteiger partial charge in [-0.05, 0) is 44.5 Å². The summed E-state index contributed by atoms with van der Waals surface area (Å²) in [4.78, 5) is 38.8. The van der Waals surface area contributed by atoms with E-state index in [2.05, 4.69) is 0 Å². The third-order valence-corrected chi connectivity index (χ3v) is 4.87. The Morgan fingerprint density at radius 3 is 2.56 bits per heavy atom. The zero-order chi connectivity index (χ0) is 20.0. The summed E-state index contributed by atoms with van der Waals surface area (Å²) in [5.74, 6) is -3.56. The molecule has 1 aliphatic heterocycles. The van der Waals surface area contributed by atoms with Crippen molar-refractivity contribution in [3.8, 4) is 0 Å². The second-order valence-electron chi connectivity index (χ2n) is 6.83. The van der Waals surface area contributed by atoms with Crippen LogP contribution in [-0.2, 0) is 9.59 Å². The quantitative estimate of drug-likeness (QED) is 0.733. The number of carboxylic acid groups (broad SMARTS) is 1. The molecule has 1 heterocycles. The molecule has 1 amide bonds. The number of carbonyl (C=O) groups excluding carboxylic acids is 2. The Bertz CT molecular complexity index is 711. The summed E-state index contributed by atoms with van der Waals surface area (Å²) < 4.78 is 26.1. The molecular formula is C19H24F2N2O4. The van der Waals surface area contributed by atoms with Crippen LogP contribution in [0.5, 0.6) is 0 Å². The molecule has 27 heavy (non-hydrogen) atoms. The fourth-order valence-corrected chi connectivity index (χ4v) is 3.30. The molecule has 2 rings (SSSR count). The number of Topliss-reactive ketones (excluding diaryl/α,β-unsaturated/α-hetero) is 1. The topological polar surface area (TPSA) is 77.9 Å². The number of aliphatic carboxylic acids is 1. The van der Waals surface area contributed by atoms with Crippen LogP contribution in [0.2, 0.25) is 0 Å². The summed E-state index contributed by atoms with van der Waals surface area (Å²) in [5.41, 5.74) is 0.0490. The summed E-state index contributed by atoms with van der Waals surface area (Å²) in [6.45, 7) is 1.03. The third-order valence-electron chi connectivity index (χ3n) is 4.87. The maximum absolute atomic E-state index is 13.2. The lowest BCUT2D eigenvalue weighted by molar-refractivity contribution is -0.138. The molecule has 1 aromatic rings. The molecule has 1 N–H and O–H groups in total. The van der Waals surface area contributed by atoms with Crippen LogP contribution in [0, 0.1) is 11.6 Å². The van der Waals surface area contributed by atoms with Gasteiger partial charge in [0.1, 0.15) is 0 Å². The van der Waals surface area contributed by atoms with E-state index in [1.54, 1.807) is 16.8 Å². The summed E-state index contributed by atoms with van der Waals surface area (Å²) >= 11 is 0. The Labute approximate surface area is 156 Å². The van der Waals surface area contributed by atoms with E-state index >= 15 is 0 Å². The molecule has 0 spiro atoms. The number of ketones is 1. The average molecular weight is 382 g/mol. The molecule has 1 saturated heterocycles. The predicted molar refractivity (Wildman–Crippen MR) is 94.4 cm³/mol. The lowest BCUT2D eigenvalue weighted by Gasteiger charge is -2.25. The molecule has 0 saturated carbocycles. The average Bonchev–Trinajstić information content (AvgIpc) is 2.87. The first kappa shape index (κ1) is 21.0. The SMILES string of the molecule is CN(CC(=O)O)C1CCCN(C(=O)CCC(=O)c2ccc(F)c(F)c2)CC1. The lowest BCUT2D eigenvalue weighted by atomic mass is 10.1. The van der Waals surface area contributed by atoms with Crippen LogP contribution < -0.4 is 0 Å². The number of amides is 1. The molecule has 1 unspecified atom stereocenters. The van der Waals surface area contributed by atoms with Gasteiger partial charge in [-0.3, -0.25) is 19.3 Å². The minimum Gasteiger partial charge on any atom is -0.480 e. The highest BCUT2D eigenvalue weighted by Crippen LogP contribution is 2.17. The molecule has 1 aromatic carbocycles. The molecular weight excluding hydrogens is 358 g/mol. The van der Waals surface area contributed by atoms with Gasteiger partial charge in [0, 0.05) is 37.5 Å². The van der Waals surface area contributed by atoms with E-state index in [-0.39, 0.29) is 36.9 Å². The minimum atomic E-state index is -1.09. The van der Waals surface area contributed by atoms with Crippen molar-refractivity contribution in [1.29, 1.82) is 0 Å². The van der Waals surface area contributed by atoms with Gasteiger partial charge in [0.05, 0.1) is 6.54 Å². The molecule has 1 fully saturated rings. The molecule has 148 valence electrons. The van der Waals surface area contributed by atoms with Gasteiger partial charge in [-0.1, -0.05) is 0 Å². The van der Waals surface area contributed by atoms with Crippen molar-refractivity contribution in [3.05, 3.63) is 35.4 Å². The maximum Gasteiger partial charge on any atom is 0.317 e. The number of likely N-dealkylation sites (N-methyl/N-ethyl adjacent to an activating group) is 1. The van der Waals surface area contributed by atoms with Crippen molar-refractivity contribution in [2.24, 2.45) is 0 Å². The summed E-state index contributed by atoms with van der Waals surface area (Å²) in [5, 5.41) is 8.89. The normalized spacial score (nSPS) is 17.6. The van der Waals surface area contributed by atoms with Gasteiger partial charge >= 0.3 is 5.97 Å². The van der Waals surface area contributed by atoms with Crippen molar-refractivity contribution in [1.82, 2.24) is 9.80 Å². The molecule has 0 aliphatic carbocycles. The number of carboxylic acids is 1. The van der Waals surface area contributed by atoms with E-state index in [1.807, 2.05) is 0 Å². The summed E-state index contributed by atoms with van der Waals surface area (Å²) in [6.07, 6.45) is 2.18. The Kier molecular flexibility index (Phi) is 7.41. The highest BCUT2D eigenvalue weighted by atomic mass is 19.2. The van der Waals surface area contributed by atoms with Gasteiger partial charge < -0.3 is 10.0 Å². The van der Waals surface area contributed by atoms with E-state index in [0.717, 1.165) is 25.0 Å². The number of halogens is 2. The summed E-state index contributed by atoms with van der Waals surface area (Å²) in [7, 11) is 1.76. The van der Waals surface area contributed by atoms with Gasteiger partial charge in [-0.15, -0.1) is 0 Å². The Balaban J connectivity index is 1.84. The second-order valence-corrected chi connectivity index (χ2v) is 6.83. The number of nitrogens with zero attached hydrogens (tertiary/aromatic N) is 2. The zero-order valence-electron chi connectivity index (χ0n) is 15.3. The second kappa shape index (κ2) is 9.55. The molecule has 8 heteroatoms. The standard InChI is InChI=1S/C19H24F2N2O4/c1-22(12-19(26)27)14-3-2-9-23(10-8-14)18(25)7-6-17(24)13-4-5-15(20)16(21)11-13/h4-5,11,14H,2-3,6-10,12H2,1H3,(H,26,27). The molecule has 0 radical (unpaired) electrons. The summed E-state index contributed by atoms with van der Waals surface area (Å²) in [6, 6.07) is 3.05. The van der Waals surface area contributed by atoms with Crippen LogP contribution in [0.1, 0.15) is 42.5 Å². The van der Waals surface area contributed by atoms with Gasteiger partial charge in [0.25, 0.3) is 0 Å². The first-order valence-electron chi connectivity index (χ1n) is 8.96. The largest absolute Gasteiger partial charge is 0.480 e. The van der Waals surface area contributed by atoms with Gasteiger partial charge in [0.15, 0.2) is 17.4 Å². The smallest absolute Gasteiger partial charge is 0.317 e. The van der Waals surface area contributed by atoms with Crippen molar-refractivity contribution in [2.75, 3.05) is 26.7 Å². The number of likely N-dealkylation sites (tertiary alicyclic amines) is 1. The van der Waals surface area contributed by atoms with E-state index in [9.17, 15) is 23.2 Å². The molecule has 0 aromatic heterocycles. The van der Waals surface area contributed by atoms with Crippen molar-refractivity contribution >= 4 is 17.7 Å². The van der Waals surface area contributed by atoms with Crippen LogP contribution in [0.25, 0.3) is 0 Å². The van der Waals surface area contributed by atoms with Gasteiger partial charge in [0.2, 0.25) is 5.91 Å². The molecule has 6 nitrogen and oxygen atoms in total. The fraction of sp³-hybridized carbons (Fsp3) is 0.526. The first-order valence-corrected chi connectivity index (χ1v) is 8.96. The highest BCUT2D eigenvalue weighted by molar-refractivity contribution is 5.97. The molecule has 1 aliphatic rings. The van der Waals surface area contributed by atoms with Crippen LogP contribution in [0.3, 0.4) is 0 Å². The number of rotatable bonds is 7. The van der Waals surface area contributed by atoms with Crippen molar-refractivity contribution < 1.29 is 28.3 Å². The van der Waals surface area contributed by atoms with E-state index in [4.69, 9.17) is 5.11 Å². The number of benzene rings is 1. The Morgan fingerprint density at radius 1 is 1.15 bits per heavy atom. The van der Waals surface area contributed by atoms with Gasteiger partial charge in [-0.25, -0.2) is 8.78 Å². The van der Waals surface area contributed by atoms with E-state index in [0.29, 0.717) is 19.5 Å². The minimum absolute atomic E-state index is 0.00740.